The first-order valence-corrected chi connectivity index (χ1v) is 11.2. The molecule has 33 heavy (non-hydrogen) atoms. The van der Waals surface area contributed by atoms with Gasteiger partial charge in [0, 0.05) is 24.8 Å². The predicted molar refractivity (Wildman–Crippen MR) is 127 cm³/mol. The van der Waals surface area contributed by atoms with Gasteiger partial charge in [-0.1, -0.05) is 26.0 Å². The minimum Gasteiger partial charge on any atom is -0.444 e. The fourth-order valence-electron chi connectivity index (χ4n) is 3.50. The van der Waals surface area contributed by atoms with E-state index in [0.29, 0.717) is 19.0 Å². The molecule has 1 atom stereocenters. The van der Waals surface area contributed by atoms with Crippen LogP contribution in [0.5, 0.6) is 0 Å². The highest BCUT2D eigenvalue weighted by molar-refractivity contribution is 5.96. The molecule has 1 aliphatic heterocycles. The number of carbonyl (C=O) groups excluding carboxylic acids is 2. The number of aromatic nitrogens is 3. The molecule has 0 bridgehead atoms. The maximum atomic E-state index is 12.4. The first-order valence-electron chi connectivity index (χ1n) is 11.2. The van der Waals surface area contributed by atoms with Crippen molar-refractivity contribution in [2.75, 3.05) is 23.7 Å². The van der Waals surface area contributed by atoms with E-state index in [1.165, 1.54) is 5.56 Å². The standard InChI is InChI=1S/C23H33N7O3/c1-14(2)15-8-10-16(11-9-15)25-20-18(19(24)31)28-29-21(27-20)26-17-7-6-12-30(13-17)22(32)33-23(3,4)5/h8-11,14,17H,6-7,12-13H2,1-5H3,(H2,24,31)(H2,25,26,27,29)/t17-/m0/s1. The van der Waals surface area contributed by atoms with Crippen LogP contribution in [0.25, 0.3) is 0 Å². The Hall–Kier alpha value is -3.43. The number of nitrogens with zero attached hydrogens (tertiary/aromatic N) is 4. The summed E-state index contributed by atoms with van der Waals surface area (Å²) >= 11 is 0. The van der Waals surface area contributed by atoms with Crippen LogP contribution >= 0.6 is 0 Å². The lowest BCUT2D eigenvalue weighted by atomic mass is 10.0. The zero-order valence-electron chi connectivity index (χ0n) is 19.9. The van der Waals surface area contributed by atoms with Gasteiger partial charge < -0.3 is 26.0 Å². The van der Waals surface area contributed by atoms with Gasteiger partial charge >= 0.3 is 6.09 Å². The van der Waals surface area contributed by atoms with E-state index in [4.69, 9.17) is 10.5 Å². The third-order valence-corrected chi connectivity index (χ3v) is 5.17. The number of likely N-dealkylation sites (tertiary alicyclic amines) is 1. The lowest BCUT2D eigenvalue weighted by Crippen LogP contribution is -2.47. The Kier molecular flexibility index (Phi) is 7.35. The number of primary amides is 1. The minimum absolute atomic E-state index is 0.0486. The van der Waals surface area contributed by atoms with E-state index < -0.39 is 11.5 Å². The van der Waals surface area contributed by atoms with Crippen LogP contribution in [0.15, 0.2) is 24.3 Å². The number of nitrogens with one attached hydrogen (secondary N) is 2. The number of rotatable bonds is 6. The summed E-state index contributed by atoms with van der Waals surface area (Å²) < 4.78 is 5.48. The summed E-state index contributed by atoms with van der Waals surface area (Å²) in [7, 11) is 0. The number of benzene rings is 1. The van der Waals surface area contributed by atoms with Crippen LogP contribution in [0, 0.1) is 0 Å². The van der Waals surface area contributed by atoms with E-state index in [2.05, 4.69) is 39.7 Å². The van der Waals surface area contributed by atoms with Crippen molar-refractivity contribution < 1.29 is 14.3 Å². The van der Waals surface area contributed by atoms with E-state index in [1.54, 1.807) is 4.90 Å². The molecule has 0 radical (unpaired) electrons. The average molecular weight is 456 g/mol. The second-order valence-electron chi connectivity index (χ2n) is 9.51. The minimum atomic E-state index is -0.725. The maximum absolute atomic E-state index is 12.4. The lowest BCUT2D eigenvalue weighted by Gasteiger charge is -2.34. The van der Waals surface area contributed by atoms with Crippen molar-refractivity contribution in [3.05, 3.63) is 35.5 Å². The first-order chi connectivity index (χ1) is 15.5. The molecule has 10 heteroatoms. The molecule has 4 N–H and O–H groups in total. The van der Waals surface area contributed by atoms with Crippen molar-refractivity contribution in [3.8, 4) is 0 Å². The highest BCUT2D eigenvalue weighted by Gasteiger charge is 2.28. The smallest absolute Gasteiger partial charge is 0.410 e. The molecule has 1 aromatic heterocycles. The normalized spacial score (nSPS) is 16.4. The van der Waals surface area contributed by atoms with Gasteiger partial charge in [0.25, 0.3) is 5.91 Å². The zero-order chi connectivity index (χ0) is 24.2. The molecule has 0 saturated carbocycles. The van der Waals surface area contributed by atoms with Gasteiger partial charge in [-0.2, -0.15) is 4.98 Å². The summed E-state index contributed by atoms with van der Waals surface area (Å²) in [6.07, 6.45) is 1.31. The van der Waals surface area contributed by atoms with E-state index in [0.717, 1.165) is 18.5 Å². The maximum Gasteiger partial charge on any atom is 0.410 e. The number of carbonyl (C=O) groups is 2. The van der Waals surface area contributed by atoms with Crippen molar-refractivity contribution in [2.24, 2.45) is 5.73 Å². The Morgan fingerprint density at radius 2 is 1.88 bits per heavy atom. The third kappa shape index (κ3) is 6.77. The Morgan fingerprint density at radius 3 is 2.48 bits per heavy atom. The molecule has 2 amide bonds. The molecule has 2 aromatic rings. The molecule has 1 saturated heterocycles. The fraction of sp³-hybridized carbons (Fsp3) is 0.522. The van der Waals surface area contributed by atoms with Crippen LogP contribution in [-0.4, -0.2) is 56.8 Å². The van der Waals surface area contributed by atoms with E-state index in [-0.39, 0.29) is 29.6 Å². The molecule has 10 nitrogen and oxygen atoms in total. The lowest BCUT2D eigenvalue weighted by molar-refractivity contribution is 0.0206. The predicted octanol–water partition coefficient (Wildman–Crippen LogP) is 3.65. The summed E-state index contributed by atoms with van der Waals surface area (Å²) in [4.78, 5) is 30.4. The summed E-state index contributed by atoms with van der Waals surface area (Å²) in [6, 6.07) is 7.77. The highest BCUT2D eigenvalue weighted by atomic mass is 16.6. The second-order valence-corrected chi connectivity index (χ2v) is 9.51. The average Bonchev–Trinajstić information content (AvgIpc) is 2.73. The van der Waals surface area contributed by atoms with Crippen LogP contribution in [0.4, 0.5) is 22.2 Å². The van der Waals surface area contributed by atoms with Gasteiger partial charge in [0.15, 0.2) is 11.5 Å². The van der Waals surface area contributed by atoms with E-state index in [1.807, 2.05) is 45.0 Å². The zero-order valence-corrected chi connectivity index (χ0v) is 19.9. The number of anilines is 3. The monoisotopic (exact) mass is 455 g/mol. The summed E-state index contributed by atoms with van der Waals surface area (Å²) in [5, 5.41) is 14.3. The third-order valence-electron chi connectivity index (χ3n) is 5.17. The van der Waals surface area contributed by atoms with Crippen LogP contribution in [0.1, 0.15) is 69.4 Å². The van der Waals surface area contributed by atoms with Crippen molar-refractivity contribution in [1.29, 1.82) is 0 Å². The summed E-state index contributed by atoms with van der Waals surface area (Å²) in [5.74, 6) is 0.151. The summed E-state index contributed by atoms with van der Waals surface area (Å²) in [6.45, 7) is 10.9. The SMILES string of the molecule is CC(C)c1ccc(Nc2nc(N[C@H]3CCCN(C(=O)OC(C)(C)C)C3)nnc2C(N)=O)cc1. The summed E-state index contributed by atoms with van der Waals surface area (Å²) in [5.41, 5.74) is 6.82. The molecule has 3 rings (SSSR count). The molecular weight excluding hydrogens is 422 g/mol. The van der Waals surface area contributed by atoms with Crippen LogP contribution in [0.2, 0.25) is 0 Å². The van der Waals surface area contributed by atoms with Gasteiger partial charge in [0.05, 0.1) is 0 Å². The first kappa shape index (κ1) is 24.2. The van der Waals surface area contributed by atoms with E-state index in [9.17, 15) is 9.59 Å². The largest absolute Gasteiger partial charge is 0.444 e. The van der Waals surface area contributed by atoms with Crippen molar-refractivity contribution in [2.45, 2.75) is 65.0 Å². The number of amides is 2. The molecule has 2 heterocycles. The van der Waals surface area contributed by atoms with Gasteiger partial charge in [0.1, 0.15) is 5.60 Å². The highest BCUT2D eigenvalue weighted by Crippen LogP contribution is 2.23. The Labute approximate surface area is 194 Å². The number of piperidine rings is 1. The van der Waals surface area contributed by atoms with Crippen molar-refractivity contribution >= 4 is 29.5 Å². The molecule has 0 spiro atoms. The van der Waals surface area contributed by atoms with Crippen molar-refractivity contribution in [1.82, 2.24) is 20.1 Å². The Balaban J connectivity index is 1.73. The van der Waals surface area contributed by atoms with E-state index >= 15 is 0 Å². The van der Waals surface area contributed by atoms with Gasteiger partial charge in [-0.25, -0.2) is 4.79 Å². The molecule has 0 unspecified atom stereocenters. The molecule has 1 fully saturated rings. The van der Waals surface area contributed by atoms with Gasteiger partial charge in [0.2, 0.25) is 5.95 Å². The topological polar surface area (TPSA) is 135 Å². The Morgan fingerprint density at radius 1 is 1.18 bits per heavy atom. The molecular formula is C23H33N7O3. The number of nitrogens with two attached hydrogens (primary N) is 1. The number of ether oxygens (including phenoxy) is 1. The molecule has 0 aliphatic carbocycles. The van der Waals surface area contributed by atoms with Crippen LogP contribution < -0.4 is 16.4 Å². The van der Waals surface area contributed by atoms with Crippen LogP contribution in [-0.2, 0) is 4.74 Å². The van der Waals surface area contributed by atoms with Gasteiger partial charge in [-0.05, 0) is 57.2 Å². The molecule has 178 valence electrons. The van der Waals surface area contributed by atoms with Crippen molar-refractivity contribution in [3.63, 3.8) is 0 Å². The Bertz CT molecular complexity index is 987. The van der Waals surface area contributed by atoms with Crippen LogP contribution in [0.3, 0.4) is 0 Å². The molecule has 1 aliphatic rings. The second kappa shape index (κ2) is 10.0. The van der Waals surface area contributed by atoms with Gasteiger partial charge in [-0.3, -0.25) is 4.79 Å². The number of hydrogen-bond acceptors (Lipinski definition) is 8. The van der Waals surface area contributed by atoms with Gasteiger partial charge in [-0.15, -0.1) is 10.2 Å². The fourth-order valence-corrected chi connectivity index (χ4v) is 3.50. The quantitative estimate of drug-likeness (QED) is 0.601. The number of hydrogen-bond donors (Lipinski definition) is 3. The molecule has 1 aromatic carbocycles.